The third kappa shape index (κ3) is 4.32. The zero-order valence-electron chi connectivity index (χ0n) is 16.4. The number of rotatable bonds is 4. The van der Waals surface area contributed by atoms with E-state index >= 15 is 0 Å². The molecule has 3 heterocycles. The predicted octanol–water partition coefficient (Wildman–Crippen LogP) is 4.42. The van der Waals surface area contributed by atoms with E-state index in [0.29, 0.717) is 23.2 Å². The predicted molar refractivity (Wildman–Crippen MR) is 127 cm³/mol. The van der Waals surface area contributed by atoms with Gasteiger partial charge in [-0.1, -0.05) is 23.7 Å². The van der Waals surface area contributed by atoms with Gasteiger partial charge in [0.15, 0.2) is 0 Å². The number of benzene rings is 2. The highest BCUT2D eigenvalue weighted by molar-refractivity contribution is 6.32. The Morgan fingerprint density at radius 2 is 1.87 bits per heavy atom. The number of piperidine rings is 1. The molecule has 0 saturated carbocycles. The zero-order chi connectivity index (χ0) is 19.1. The molecule has 2 aromatic carbocycles. The smallest absolute Gasteiger partial charge is 0.252 e. The van der Waals surface area contributed by atoms with Crippen LogP contribution >= 0.6 is 36.4 Å². The van der Waals surface area contributed by atoms with Crippen LogP contribution in [-0.4, -0.2) is 30.0 Å². The van der Waals surface area contributed by atoms with E-state index in [1.807, 2.05) is 12.1 Å². The van der Waals surface area contributed by atoms with E-state index in [1.165, 1.54) is 18.4 Å². The van der Waals surface area contributed by atoms with Crippen molar-refractivity contribution in [2.24, 2.45) is 0 Å². The highest BCUT2D eigenvalue weighted by Gasteiger charge is 2.26. The van der Waals surface area contributed by atoms with Gasteiger partial charge in [-0.25, -0.2) is 0 Å². The Labute approximate surface area is 193 Å². The Hall–Kier alpha value is -1.76. The first-order valence-corrected chi connectivity index (χ1v) is 10.2. The van der Waals surface area contributed by atoms with Gasteiger partial charge in [-0.3, -0.25) is 4.79 Å². The molecule has 0 spiro atoms. The fourth-order valence-electron chi connectivity index (χ4n) is 4.26. The maximum atomic E-state index is 12.3. The molecule has 0 atom stereocenters. The molecule has 4 N–H and O–H groups in total. The van der Waals surface area contributed by atoms with Crippen molar-refractivity contribution in [3.05, 3.63) is 58.1 Å². The van der Waals surface area contributed by atoms with Gasteiger partial charge in [0.05, 0.1) is 5.56 Å². The number of hydrogen-bond donors (Lipinski definition) is 4. The molecule has 3 aromatic rings. The molecule has 0 unspecified atom stereocenters. The molecular formula is C22H25Cl3N4O. The molecule has 30 heavy (non-hydrogen) atoms. The van der Waals surface area contributed by atoms with Gasteiger partial charge in [0.25, 0.3) is 5.91 Å². The van der Waals surface area contributed by atoms with Crippen molar-refractivity contribution in [2.75, 3.05) is 13.1 Å². The Balaban J connectivity index is 0.00000128. The largest absolute Gasteiger partial charge is 0.355 e. The molecular weight excluding hydrogens is 443 g/mol. The SMILES string of the molecule is Cl.Cl.O=C1NCc2c(Cl)ccc(-c3cc4cc(CNC5CCNCC5)ccc4[nH]3)c21. The van der Waals surface area contributed by atoms with Crippen LogP contribution in [0.15, 0.2) is 36.4 Å². The molecule has 160 valence electrons. The molecule has 5 rings (SSSR count). The molecule has 1 amide bonds. The third-order valence-corrected chi connectivity index (χ3v) is 6.17. The van der Waals surface area contributed by atoms with Crippen molar-refractivity contribution >= 4 is 53.2 Å². The summed E-state index contributed by atoms with van der Waals surface area (Å²) in [5.41, 5.74) is 5.77. The fraction of sp³-hybridized carbons (Fsp3) is 0.318. The molecule has 0 bridgehead atoms. The van der Waals surface area contributed by atoms with E-state index in [-0.39, 0.29) is 30.7 Å². The van der Waals surface area contributed by atoms with E-state index in [4.69, 9.17) is 11.6 Å². The summed E-state index contributed by atoms with van der Waals surface area (Å²) in [7, 11) is 0. The first kappa shape index (κ1) is 22.9. The number of aromatic amines is 1. The average Bonchev–Trinajstić information content (AvgIpc) is 3.32. The van der Waals surface area contributed by atoms with Crippen LogP contribution in [0.4, 0.5) is 0 Å². The van der Waals surface area contributed by atoms with Gasteiger partial charge >= 0.3 is 0 Å². The van der Waals surface area contributed by atoms with E-state index in [2.05, 4.69) is 45.2 Å². The quantitative estimate of drug-likeness (QED) is 0.459. The molecule has 0 radical (unpaired) electrons. The number of fused-ring (bicyclic) bond motifs is 2. The summed E-state index contributed by atoms with van der Waals surface area (Å²) in [5.74, 6) is -0.0574. The van der Waals surface area contributed by atoms with Crippen LogP contribution in [0.5, 0.6) is 0 Å². The van der Waals surface area contributed by atoms with Gasteiger partial charge in [0.1, 0.15) is 0 Å². The standard InChI is InChI=1S/C22H23ClN4O.2ClH/c23-18-3-2-16(21-17(18)12-26-22(21)28)20-10-14-9-13(1-4-19(14)27-20)11-25-15-5-7-24-8-6-15;;/h1-4,9-10,15,24-25,27H,5-8,11-12H2,(H,26,28);2*1H. The van der Waals surface area contributed by atoms with Crippen molar-refractivity contribution in [2.45, 2.75) is 32.0 Å². The van der Waals surface area contributed by atoms with Crippen LogP contribution in [0, 0.1) is 0 Å². The van der Waals surface area contributed by atoms with Crippen molar-refractivity contribution in [3.63, 3.8) is 0 Å². The van der Waals surface area contributed by atoms with Crippen molar-refractivity contribution in [3.8, 4) is 11.3 Å². The summed E-state index contributed by atoms with van der Waals surface area (Å²) in [6.07, 6.45) is 2.36. The van der Waals surface area contributed by atoms with Crippen LogP contribution in [0.1, 0.15) is 34.3 Å². The number of carbonyl (C=O) groups is 1. The van der Waals surface area contributed by atoms with Crippen LogP contribution in [0.2, 0.25) is 5.02 Å². The van der Waals surface area contributed by atoms with E-state index in [0.717, 1.165) is 47.4 Å². The number of H-pyrrole nitrogens is 1. The lowest BCUT2D eigenvalue weighted by Crippen LogP contribution is -2.39. The highest BCUT2D eigenvalue weighted by atomic mass is 35.5. The van der Waals surface area contributed by atoms with Crippen molar-refractivity contribution in [1.29, 1.82) is 0 Å². The first-order chi connectivity index (χ1) is 13.7. The molecule has 1 saturated heterocycles. The minimum absolute atomic E-state index is 0. The molecule has 1 fully saturated rings. The van der Waals surface area contributed by atoms with Crippen LogP contribution in [0.3, 0.4) is 0 Å². The molecule has 2 aliphatic rings. The van der Waals surface area contributed by atoms with Gasteiger partial charge in [0, 0.05) is 51.9 Å². The van der Waals surface area contributed by atoms with Gasteiger partial charge in [-0.2, -0.15) is 0 Å². The van der Waals surface area contributed by atoms with E-state index in [9.17, 15) is 4.79 Å². The van der Waals surface area contributed by atoms with Crippen molar-refractivity contribution in [1.82, 2.24) is 20.9 Å². The van der Waals surface area contributed by atoms with Gasteiger partial charge in [-0.15, -0.1) is 24.8 Å². The second-order valence-corrected chi connectivity index (χ2v) is 8.05. The van der Waals surface area contributed by atoms with Crippen LogP contribution in [0.25, 0.3) is 22.2 Å². The summed E-state index contributed by atoms with van der Waals surface area (Å²) in [6.45, 7) is 3.56. The third-order valence-electron chi connectivity index (χ3n) is 5.82. The summed E-state index contributed by atoms with van der Waals surface area (Å²) in [4.78, 5) is 15.8. The fourth-order valence-corrected chi connectivity index (χ4v) is 4.49. The molecule has 5 nitrogen and oxygen atoms in total. The summed E-state index contributed by atoms with van der Waals surface area (Å²) in [6, 6.07) is 13.0. The summed E-state index contributed by atoms with van der Waals surface area (Å²) >= 11 is 6.28. The number of hydrogen-bond acceptors (Lipinski definition) is 3. The highest BCUT2D eigenvalue weighted by Crippen LogP contribution is 2.34. The maximum absolute atomic E-state index is 12.3. The Morgan fingerprint density at radius 3 is 2.67 bits per heavy atom. The van der Waals surface area contributed by atoms with Crippen LogP contribution < -0.4 is 16.0 Å². The average molecular weight is 468 g/mol. The minimum atomic E-state index is -0.0574. The lowest BCUT2D eigenvalue weighted by atomic mass is 10.0. The second kappa shape index (κ2) is 9.58. The van der Waals surface area contributed by atoms with Gasteiger partial charge in [0.2, 0.25) is 0 Å². The molecule has 8 heteroatoms. The summed E-state index contributed by atoms with van der Waals surface area (Å²) < 4.78 is 0. The summed E-state index contributed by atoms with van der Waals surface area (Å²) in [5, 5.41) is 11.7. The van der Waals surface area contributed by atoms with Crippen LogP contribution in [-0.2, 0) is 13.1 Å². The van der Waals surface area contributed by atoms with Crippen molar-refractivity contribution < 1.29 is 4.79 Å². The lowest BCUT2D eigenvalue weighted by molar-refractivity contribution is 0.0966. The Morgan fingerprint density at radius 1 is 1.07 bits per heavy atom. The lowest BCUT2D eigenvalue weighted by Gasteiger charge is -2.23. The second-order valence-electron chi connectivity index (χ2n) is 7.64. The van der Waals surface area contributed by atoms with Gasteiger partial charge in [-0.05, 0) is 55.8 Å². The number of carbonyl (C=O) groups excluding carboxylic acids is 1. The van der Waals surface area contributed by atoms with E-state index in [1.54, 1.807) is 0 Å². The van der Waals surface area contributed by atoms with Gasteiger partial charge < -0.3 is 20.9 Å². The maximum Gasteiger partial charge on any atom is 0.252 e. The number of aromatic nitrogens is 1. The Bertz CT molecular complexity index is 1060. The normalized spacial score (nSPS) is 16.0. The Kier molecular flexibility index (Phi) is 7.32. The van der Waals surface area contributed by atoms with E-state index < -0.39 is 0 Å². The monoisotopic (exact) mass is 466 g/mol. The molecule has 1 aromatic heterocycles. The zero-order valence-corrected chi connectivity index (χ0v) is 18.8. The minimum Gasteiger partial charge on any atom is -0.355 e. The number of amides is 1. The topological polar surface area (TPSA) is 69.0 Å². The first-order valence-electron chi connectivity index (χ1n) is 9.85. The molecule has 0 aliphatic carbocycles. The molecule has 2 aliphatic heterocycles. The number of nitrogens with one attached hydrogen (secondary N) is 4. The number of halogens is 3.